The lowest BCUT2D eigenvalue weighted by Crippen LogP contribution is -2.39. The van der Waals surface area contributed by atoms with Gasteiger partial charge in [-0.15, -0.1) is 0 Å². The summed E-state index contributed by atoms with van der Waals surface area (Å²) >= 11 is 0. The Kier molecular flexibility index (Phi) is 5.41. The zero-order valence-electron chi connectivity index (χ0n) is 12.3. The van der Waals surface area contributed by atoms with E-state index in [4.69, 9.17) is 9.47 Å². The lowest BCUT2D eigenvalue weighted by Gasteiger charge is -2.22. The fourth-order valence-corrected chi connectivity index (χ4v) is 2.59. The number of ether oxygens (including phenoxy) is 2. The van der Waals surface area contributed by atoms with Crippen molar-refractivity contribution in [3.05, 3.63) is 29.8 Å². The molecular formula is C16H23NO3. The number of likely N-dealkylation sites (tertiary alicyclic amines) is 1. The summed E-state index contributed by atoms with van der Waals surface area (Å²) in [6.45, 7) is 6.63. The molecule has 0 saturated carbocycles. The van der Waals surface area contributed by atoms with Crippen molar-refractivity contribution in [1.82, 2.24) is 4.90 Å². The molecule has 110 valence electrons. The first-order valence-corrected chi connectivity index (χ1v) is 7.31. The Bertz CT molecular complexity index is 447. The van der Waals surface area contributed by atoms with E-state index >= 15 is 0 Å². The Hall–Kier alpha value is -1.55. The summed E-state index contributed by atoms with van der Waals surface area (Å²) in [4.78, 5) is 14.0. The van der Waals surface area contributed by atoms with Crippen molar-refractivity contribution >= 4 is 5.97 Å². The highest BCUT2D eigenvalue weighted by Gasteiger charge is 2.31. The number of hydrogen-bond donors (Lipinski definition) is 0. The predicted molar refractivity (Wildman–Crippen MR) is 77.9 cm³/mol. The topological polar surface area (TPSA) is 38.8 Å². The van der Waals surface area contributed by atoms with Crippen molar-refractivity contribution < 1.29 is 14.3 Å². The Labute approximate surface area is 120 Å². The van der Waals surface area contributed by atoms with Gasteiger partial charge in [-0.3, -0.25) is 9.69 Å². The Morgan fingerprint density at radius 3 is 2.95 bits per heavy atom. The van der Waals surface area contributed by atoms with Gasteiger partial charge < -0.3 is 9.47 Å². The molecule has 1 aromatic rings. The summed E-state index contributed by atoms with van der Waals surface area (Å²) in [7, 11) is 0. The van der Waals surface area contributed by atoms with Crippen molar-refractivity contribution in [2.24, 2.45) is 0 Å². The molecule has 1 saturated heterocycles. The number of rotatable bonds is 6. The van der Waals surface area contributed by atoms with Crippen molar-refractivity contribution in [2.75, 3.05) is 26.3 Å². The van der Waals surface area contributed by atoms with Gasteiger partial charge in [0.25, 0.3) is 0 Å². The van der Waals surface area contributed by atoms with Crippen molar-refractivity contribution in [2.45, 2.75) is 32.7 Å². The highest BCUT2D eigenvalue weighted by atomic mass is 16.5. The zero-order valence-corrected chi connectivity index (χ0v) is 12.3. The van der Waals surface area contributed by atoms with Crippen LogP contribution in [-0.2, 0) is 9.53 Å². The lowest BCUT2D eigenvalue weighted by atomic mass is 10.2. The minimum atomic E-state index is -0.0964. The monoisotopic (exact) mass is 277 g/mol. The molecule has 4 heteroatoms. The molecule has 0 aromatic heterocycles. The molecule has 0 bridgehead atoms. The van der Waals surface area contributed by atoms with Crippen LogP contribution in [0.4, 0.5) is 0 Å². The first-order valence-electron chi connectivity index (χ1n) is 7.31. The van der Waals surface area contributed by atoms with Crippen LogP contribution in [0.1, 0.15) is 25.3 Å². The van der Waals surface area contributed by atoms with E-state index in [1.165, 1.54) is 0 Å². The van der Waals surface area contributed by atoms with Crippen molar-refractivity contribution in [3.63, 3.8) is 0 Å². The number of nitrogens with zero attached hydrogens (tertiary/aromatic N) is 1. The Balaban J connectivity index is 1.81. The Morgan fingerprint density at radius 1 is 1.40 bits per heavy atom. The second-order valence-electron chi connectivity index (χ2n) is 5.06. The second-order valence-corrected chi connectivity index (χ2v) is 5.06. The number of carbonyl (C=O) groups excluding carboxylic acids is 1. The van der Waals surface area contributed by atoms with Gasteiger partial charge in [0.15, 0.2) is 0 Å². The molecular weight excluding hydrogens is 254 g/mol. The minimum Gasteiger partial charge on any atom is -0.492 e. The lowest BCUT2D eigenvalue weighted by molar-refractivity contribution is -0.148. The smallest absolute Gasteiger partial charge is 0.323 e. The molecule has 4 nitrogen and oxygen atoms in total. The van der Waals surface area contributed by atoms with E-state index < -0.39 is 0 Å². The molecule has 20 heavy (non-hydrogen) atoms. The summed E-state index contributed by atoms with van der Waals surface area (Å²) in [5.74, 6) is 0.820. The van der Waals surface area contributed by atoms with E-state index in [0.29, 0.717) is 13.2 Å². The summed E-state index contributed by atoms with van der Waals surface area (Å²) in [6, 6.07) is 7.89. The number of esters is 1. The minimum absolute atomic E-state index is 0.0876. The molecule has 0 spiro atoms. The predicted octanol–water partition coefficient (Wildman–Crippen LogP) is 2.40. The number of hydrogen-bond acceptors (Lipinski definition) is 4. The first-order chi connectivity index (χ1) is 9.72. The van der Waals surface area contributed by atoms with Gasteiger partial charge in [0, 0.05) is 6.54 Å². The molecule has 2 rings (SSSR count). The normalized spacial score (nSPS) is 19.0. The van der Waals surface area contributed by atoms with Gasteiger partial charge in [-0.25, -0.2) is 0 Å². The van der Waals surface area contributed by atoms with Crippen LogP contribution in [0.15, 0.2) is 24.3 Å². The van der Waals surface area contributed by atoms with Gasteiger partial charge in [0.05, 0.1) is 6.61 Å². The molecule has 1 atom stereocenters. The number of aryl methyl sites for hydroxylation is 1. The third-order valence-corrected chi connectivity index (χ3v) is 3.65. The number of para-hydroxylation sites is 1. The molecule has 1 aromatic carbocycles. The molecule has 0 N–H and O–H groups in total. The quantitative estimate of drug-likeness (QED) is 0.748. The molecule has 1 aliphatic heterocycles. The maximum absolute atomic E-state index is 11.8. The number of benzene rings is 1. The summed E-state index contributed by atoms with van der Waals surface area (Å²) in [5.41, 5.74) is 1.14. The summed E-state index contributed by atoms with van der Waals surface area (Å²) in [6.07, 6.45) is 1.94. The van der Waals surface area contributed by atoms with Crippen LogP contribution in [0, 0.1) is 6.92 Å². The molecule has 1 fully saturated rings. The largest absolute Gasteiger partial charge is 0.492 e. The standard InChI is InChI=1S/C16H23NO3/c1-3-19-16(18)14-8-6-10-17(14)11-12-20-15-9-5-4-7-13(15)2/h4-5,7,9,14H,3,6,8,10-12H2,1-2H3. The third kappa shape index (κ3) is 3.73. The van der Waals surface area contributed by atoms with Crippen LogP contribution in [0.3, 0.4) is 0 Å². The maximum atomic E-state index is 11.8. The molecule has 1 heterocycles. The van der Waals surface area contributed by atoms with Gasteiger partial charge >= 0.3 is 5.97 Å². The fourth-order valence-electron chi connectivity index (χ4n) is 2.59. The maximum Gasteiger partial charge on any atom is 0.323 e. The highest BCUT2D eigenvalue weighted by Crippen LogP contribution is 2.19. The van der Waals surface area contributed by atoms with E-state index in [2.05, 4.69) is 4.90 Å². The molecule has 0 radical (unpaired) electrons. The third-order valence-electron chi connectivity index (χ3n) is 3.65. The van der Waals surface area contributed by atoms with Crippen LogP contribution in [0.2, 0.25) is 0 Å². The molecule has 0 aliphatic carbocycles. The van der Waals surface area contributed by atoms with E-state index in [9.17, 15) is 4.79 Å². The molecule has 0 amide bonds. The van der Waals surface area contributed by atoms with Gasteiger partial charge in [-0.2, -0.15) is 0 Å². The zero-order chi connectivity index (χ0) is 14.4. The molecule has 1 unspecified atom stereocenters. The van der Waals surface area contributed by atoms with Crippen LogP contribution >= 0.6 is 0 Å². The van der Waals surface area contributed by atoms with Crippen LogP contribution < -0.4 is 4.74 Å². The highest BCUT2D eigenvalue weighted by molar-refractivity contribution is 5.76. The van der Waals surface area contributed by atoms with Crippen LogP contribution in [0.25, 0.3) is 0 Å². The van der Waals surface area contributed by atoms with Gasteiger partial charge in [0.1, 0.15) is 18.4 Å². The average Bonchev–Trinajstić information content (AvgIpc) is 2.90. The van der Waals surface area contributed by atoms with E-state index in [-0.39, 0.29) is 12.0 Å². The SMILES string of the molecule is CCOC(=O)C1CCCN1CCOc1ccccc1C. The molecule has 1 aliphatic rings. The Morgan fingerprint density at radius 2 is 2.20 bits per heavy atom. The summed E-state index contributed by atoms with van der Waals surface area (Å²) < 4.78 is 10.9. The summed E-state index contributed by atoms with van der Waals surface area (Å²) in [5, 5.41) is 0. The second kappa shape index (κ2) is 7.29. The van der Waals surface area contributed by atoms with Crippen molar-refractivity contribution in [3.8, 4) is 5.75 Å². The van der Waals surface area contributed by atoms with Gasteiger partial charge in [-0.1, -0.05) is 18.2 Å². The van der Waals surface area contributed by atoms with Crippen LogP contribution in [0.5, 0.6) is 5.75 Å². The van der Waals surface area contributed by atoms with E-state index in [0.717, 1.165) is 37.2 Å². The first kappa shape index (κ1) is 14.9. The van der Waals surface area contributed by atoms with E-state index in [1.54, 1.807) is 0 Å². The average molecular weight is 277 g/mol. The fraction of sp³-hybridized carbons (Fsp3) is 0.562. The van der Waals surface area contributed by atoms with Crippen molar-refractivity contribution in [1.29, 1.82) is 0 Å². The van der Waals surface area contributed by atoms with E-state index in [1.807, 2.05) is 38.1 Å². The van der Waals surface area contributed by atoms with Crippen LogP contribution in [-0.4, -0.2) is 43.2 Å². The number of carbonyl (C=O) groups is 1. The van der Waals surface area contributed by atoms with Gasteiger partial charge in [-0.05, 0) is 44.9 Å². The van der Waals surface area contributed by atoms with Gasteiger partial charge in [0.2, 0.25) is 0 Å².